The van der Waals surface area contributed by atoms with E-state index in [4.69, 9.17) is 4.42 Å². The van der Waals surface area contributed by atoms with Crippen molar-refractivity contribution in [1.82, 2.24) is 15.3 Å². The molecule has 13 heteroatoms. The summed E-state index contributed by atoms with van der Waals surface area (Å²) < 4.78 is 86.4. The van der Waals surface area contributed by atoms with Gasteiger partial charge in [0.2, 0.25) is 5.95 Å². The van der Waals surface area contributed by atoms with E-state index >= 15 is 0 Å². The number of carbonyl (C=O) groups excluding carboxylic acids is 1. The Bertz CT molecular complexity index is 1160. The highest BCUT2D eigenvalue weighted by atomic mass is 19.4. The second kappa shape index (κ2) is 7.88. The number of nitrogens with zero attached hydrogens (tertiary/aromatic N) is 3. The standard InChI is InChI=1S/C19H15F6N5O2/c1-8-12-2-9(20)3-13(22)15(12)32-14(8)16(19(23,24)25)29-18(31)28-11-4-26-17(27-5-11)30-6-10(21)7-30/h2-5,10,16H,6-7H2,1H3,(H2,28,29,31)/t16-/m1/s1. The first-order chi connectivity index (χ1) is 15.0. The van der Waals surface area contributed by atoms with Gasteiger partial charge in [-0.15, -0.1) is 0 Å². The third kappa shape index (κ3) is 4.14. The van der Waals surface area contributed by atoms with Crippen molar-refractivity contribution >= 4 is 28.6 Å². The molecule has 0 bridgehead atoms. The molecule has 1 aliphatic heterocycles. The summed E-state index contributed by atoms with van der Waals surface area (Å²) in [5, 5.41) is 3.70. The summed E-state index contributed by atoms with van der Waals surface area (Å²) in [7, 11) is 0. The van der Waals surface area contributed by atoms with Crippen molar-refractivity contribution in [2.45, 2.75) is 25.3 Å². The van der Waals surface area contributed by atoms with Crippen molar-refractivity contribution in [1.29, 1.82) is 0 Å². The lowest BCUT2D eigenvalue weighted by Crippen LogP contribution is -2.49. The first-order valence-corrected chi connectivity index (χ1v) is 9.26. The predicted octanol–water partition coefficient (Wildman–Crippen LogP) is 4.39. The fourth-order valence-corrected chi connectivity index (χ4v) is 3.27. The van der Waals surface area contributed by atoms with E-state index in [9.17, 15) is 31.1 Å². The van der Waals surface area contributed by atoms with Gasteiger partial charge in [-0.2, -0.15) is 13.2 Å². The van der Waals surface area contributed by atoms with E-state index in [0.29, 0.717) is 6.07 Å². The number of alkyl halides is 4. The molecule has 4 rings (SSSR count). The second-order valence-corrected chi connectivity index (χ2v) is 7.20. The molecular weight excluding hydrogens is 444 g/mol. The smallest absolute Gasteiger partial charge is 0.416 e. The molecule has 170 valence electrons. The van der Waals surface area contributed by atoms with Crippen molar-refractivity contribution in [2.24, 2.45) is 0 Å². The van der Waals surface area contributed by atoms with Crippen LogP contribution >= 0.6 is 0 Å². The highest BCUT2D eigenvalue weighted by Crippen LogP contribution is 2.39. The molecule has 7 nitrogen and oxygen atoms in total. The number of aromatic nitrogens is 2. The van der Waals surface area contributed by atoms with Gasteiger partial charge in [-0.1, -0.05) is 0 Å². The van der Waals surface area contributed by atoms with E-state index in [0.717, 1.165) is 18.5 Å². The van der Waals surface area contributed by atoms with E-state index in [-0.39, 0.29) is 35.7 Å². The highest BCUT2D eigenvalue weighted by Gasteiger charge is 2.45. The van der Waals surface area contributed by atoms with Crippen LogP contribution in [-0.4, -0.2) is 41.4 Å². The van der Waals surface area contributed by atoms with Gasteiger partial charge in [0.25, 0.3) is 0 Å². The summed E-state index contributed by atoms with van der Waals surface area (Å²) in [5.41, 5.74) is -0.741. The average Bonchev–Trinajstić information content (AvgIpc) is 3.00. The Labute approximate surface area is 176 Å². The molecule has 0 radical (unpaired) electrons. The van der Waals surface area contributed by atoms with Crippen LogP contribution in [0.1, 0.15) is 17.4 Å². The van der Waals surface area contributed by atoms with Crippen LogP contribution in [0.25, 0.3) is 11.0 Å². The number of hydrogen-bond donors (Lipinski definition) is 2. The van der Waals surface area contributed by atoms with Crippen LogP contribution in [0.2, 0.25) is 0 Å². The Hall–Kier alpha value is -3.51. The van der Waals surface area contributed by atoms with E-state index < -0.39 is 47.4 Å². The van der Waals surface area contributed by atoms with Crippen LogP contribution in [0.3, 0.4) is 0 Å². The molecule has 1 atom stereocenters. The lowest BCUT2D eigenvalue weighted by Gasteiger charge is -2.34. The quantitative estimate of drug-likeness (QED) is 0.566. The summed E-state index contributed by atoms with van der Waals surface area (Å²) in [6, 6.07) is -2.57. The third-order valence-corrected chi connectivity index (χ3v) is 4.87. The molecule has 0 aliphatic carbocycles. The van der Waals surface area contributed by atoms with Crippen molar-refractivity contribution < 1.29 is 35.6 Å². The fraction of sp³-hybridized carbons (Fsp3) is 0.316. The van der Waals surface area contributed by atoms with E-state index in [1.807, 2.05) is 0 Å². The molecule has 3 heterocycles. The van der Waals surface area contributed by atoms with Crippen molar-refractivity contribution in [3.63, 3.8) is 0 Å². The number of anilines is 2. The Morgan fingerprint density at radius 1 is 1.22 bits per heavy atom. The number of furan rings is 1. The number of nitrogens with one attached hydrogen (secondary N) is 2. The van der Waals surface area contributed by atoms with Gasteiger partial charge in [-0.3, -0.25) is 0 Å². The van der Waals surface area contributed by atoms with Gasteiger partial charge in [-0.25, -0.2) is 27.9 Å². The summed E-state index contributed by atoms with van der Waals surface area (Å²) >= 11 is 0. The molecule has 2 amide bonds. The van der Waals surface area contributed by atoms with Gasteiger partial charge >= 0.3 is 12.2 Å². The fourth-order valence-electron chi connectivity index (χ4n) is 3.27. The summed E-state index contributed by atoms with van der Waals surface area (Å²) in [4.78, 5) is 21.6. The Balaban J connectivity index is 1.53. The van der Waals surface area contributed by atoms with Gasteiger partial charge in [0.1, 0.15) is 17.7 Å². The van der Waals surface area contributed by atoms with Crippen LogP contribution < -0.4 is 15.5 Å². The molecule has 2 aromatic heterocycles. The summed E-state index contributed by atoms with van der Waals surface area (Å²) in [6.45, 7) is 1.45. The van der Waals surface area contributed by atoms with E-state index in [2.05, 4.69) is 15.3 Å². The van der Waals surface area contributed by atoms with Crippen LogP contribution in [0.15, 0.2) is 28.9 Å². The first kappa shape index (κ1) is 21.7. The maximum atomic E-state index is 13.9. The van der Waals surface area contributed by atoms with Crippen molar-refractivity contribution in [3.8, 4) is 0 Å². The Morgan fingerprint density at radius 2 is 1.88 bits per heavy atom. The lowest BCUT2D eigenvalue weighted by atomic mass is 10.1. The molecule has 3 aromatic rings. The second-order valence-electron chi connectivity index (χ2n) is 7.20. The van der Waals surface area contributed by atoms with E-state index in [1.54, 1.807) is 10.2 Å². The average molecular weight is 459 g/mol. The number of urea groups is 1. The van der Waals surface area contributed by atoms with Crippen LogP contribution in [0, 0.1) is 18.6 Å². The SMILES string of the molecule is Cc1c([C@@H](NC(=O)Nc2cnc(N3CC(F)C3)nc2)C(F)(F)F)oc2c(F)cc(F)cc12. The van der Waals surface area contributed by atoms with Gasteiger partial charge in [0.15, 0.2) is 17.4 Å². The number of halogens is 6. The molecule has 1 fully saturated rings. The van der Waals surface area contributed by atoms with Crippen molar-refractivity contribution in [2.75, 3.05) is 23.3 Å². The molecule has 0 saturated carbocycles. The zero-order valence-corrected chi connectivity index (χ0v) is 16.3. The largest absolute Gasteiger partial charge is 0.455 e. The topological polar surface area (TPSA) is 83.3 Å². The Kier molecular flexibility index (Phi) is 5.34. The van der Waals surface area contributed by atoms with Crippen LogP contribution in [-0.2, 0) is 0 Å². The van der Waals surface area contributed by atoms with Gasteiger partial charge in [-0.05, 0) is 13.0 Å². The third-order valence-electron chi connectivity index (χ3n) is 4.87. The summed E-state index contributed by atoms with van der Waals surface area (Å²) in [5.74, 6) is -2.72. The number of rotatable bonds is 4. The summed E-state index contributed by atoms with van der Waals surface area (Å²) in [6.07, 6.45) is -3.68. The van der Waals surface area contributed by atoms with Crippen molar-refractivity contribution in [3.05, 3.63) is 47.5 Å². The van der Waals surface area contributed by atoms with Gasteiger partial charge in [0.05, 0.1) is 31.2 Å². The Morgan fingerprint density at radius 3 is 2.47 bits per heavy atom. The maximum Gasteiger partial charge on any atom is 0.416 e. The number of aryl methyl sites for hydroxylation is 1. The minimum Gasteiger partial charge on any atom is -0.455 e. The zero-order chi connectivity index (χ0) is 23.2. The van der Waals surface area contributed by atoms with Crippen LogP contribution in [0.5, 0.6) is 0 Å². The number of benzene rings is 1. The highest BCUT2D eigenvalue weighted by molar-refractivity contribution is 5.89. The van der Waals surface area contributed by atoms with E-state index in [1.165, 1.54) is 6.92 Å². The van der Waals surface area contributed by atoms with Gasteiger partial charge < -0.3 is 20.0 Å². The van der Waals surface area contributed by atoms with Crippen LogP contribution in [0.4, 0.5) is 42.8 Å². The molecule has 0 unspecified atom stereocenters. The predicted molar refractivity (Wildman–Crippen MR) is 101 cm³/mol. The molecule has 32 heavy (non-hydrogen) atoms. The zero-order valence-electron chi connectivity index (χ0n) is 16.3. The molecule has 1 aliphatic rings. The normalized spacial score (nSPS) is 15.5. The number of hydrogen-bond acceptors (Lipinski definition) is 5. The lowest BCUT2D eigenvalue weighted by molar-refractivity contribution is -0.158. The maximum absolute atomic E-state index is 13.9. The minimum atomic E-state index is -5.01. The number of amides is 2. The molecule has 0 spiro atoms. The molecule has 2 N–H and O–H groups in total. The number of fused-ring (bicyclic) bond motifs is 1. The first-order valence-electron chi connectivity index (χ1n) is 9.26. The number of carbonyl (C=O) groups is 1. The van der Waals surface area contributed by atoms with Gasteiger partial charge in [0, 0.05) is 17.0 Å². The molecule has 1 saturated heterocycles. The molecular formula is C19H15F6N5O2. The molecule has 1 aromatic carbocycles. The minimum absolute atomic E-state index is 0.0149. The monoisotopic (exact) mass is 459 g/mol.